The van der Waals surface area contributed by atoms with Gasteiger partial charge in [0.05, 0.1) is 10.6 Å². The highest BCUT2D eigenvalue weighted by atomic mass is 32.2. The fourth-order valence-corrected chi connectivity index (χ4v) is 5.16. The van der Waals surface area contributed by atoms with E-state index in [1.165, 1.54) is 4.31 Å². The van der Waals surface area contributed by atoms with E-state index in [0.29, 0.717) is 24.7 Å². The second kappa shape index (κ2) is 8.35. The molecule has 150 valence electrons. The number of rotatable bonds is 5. The van der Waals surface area contributed by atoms with Gasteiger partial charge in [0, 0.05) is 13.1 Å². The van der Waals surface area contributed by atoms with E-state index >= 15 is 0 Å². The number of likely N-dealkylation sites (tertiary alicyclic amines) is 1. The van der Waals surface area contributed by atoms with Crippen molar-refractivity contribution >= 4 is 21.6 Å². The molecule has 0 aromatic heterocycles. The maximum atomic E-state index is 13.4. The minimum absolute atomic E-state index is 0.146. The zero-order chi connectivity index (χ0) is 20.3. The van der Waals surface area contributed by atoms with Crippen molar-refractivity contribution in [2.75, 3.05) is 23.9 Å². The number of anilines is 1. The SMILES string of the molecule is Cc1cccc(N(CC(=O)N2CCC[C@H](C)C2)S(=O)(=O)c2ccccc2)c1C. The Labute approximate surface area is 168 Å². The number of carbonyl (C=O) groups is 1. The second-order valence-corrected chi connectivity index (χ2v) is 9.49. The molecule has 5 nitrogen and oxygen atoms in total. The lowest BCUT2D eigenvalue weighted by Gasteiger charge is -2.33. The summed E-state index contributed by atoms with van der Waals surface area (Å²) in [6, 6.07) is 13.9. The molecule has 3 rings (SSSR count). The Morgan fingerprint density at radius 2 is 1.82 bits per heavy atom. The molecule has 1 amide bonds. The van der Waals surface area contributed by atoms with E-state index < -0.39 is 10.0 Å². The average molecular weight is 401 g/mol. The summed E-state index contributed by atoms with van der Waals surface area (Å²) in [5.41, 5.74) is 2.41. The third-order valence-electron chi connectivity index (χ3n) is 5.46. The molecule has 1 aliphatic heterocycles. The van der Waals surface area contributed by atoms with Crippen LogP contribution in [0.5, 0.6) is 0 Å². The van der Waals surface area contributed by atoms with Crippen LogP contribution in [0.2, 0.25) is 0 Å². The number of amides is 1. The molecule has 1 fully saturated rings. The van der Waals surface area contributed by atoms with Gasteiger partial charge in [0.25, 0.3) is 10.0 Å². The molecule has 0 spiro atoms. The number of piperidine rings is 1. The third kappa shape index (κ3) is 4.22. The average Bonchev–Trinajstić information content (AvgIpc) is 2.69. The van der Waals surface area contributed by atoms with Crippen molar-refractivity contribution in [3.05, 3.63) is 59.7 Å². The number of sulfonamides is 1. The van der Waals surface area contributed by atoms with Gasteiger partial charge in [-0.25, -0.2) is 8.42 Å². The molecule has 0 bridgehead atoms. The molecule has 1 saturated heterocycles. The van der Waals surface area contributed by atoms with Crippen molar-refractivity contribution in [2.24, 2.45) is 5.92 Å². The van der Waals surface area contributed by atoms with E-state index in [1.54, 1.807) is 41.3 Å². The predicted octanol–water partition coefficient (Wildman–Crippen LogP) is 3.76. The van der Waals surface area contributed by atoms with Crippen LogP contribution in [-0.2, 0) is 14.8 Å². The Balaban J connectivity index is 2.00. The lowest BCUT2D eigenvalue weighted by molar-refractivity contribution is -0.131. The van der Waals surface area contributed by atoms with Crippen molar-refractivity contribution in [1.29, 1.82) is 0 Å². The summed E-state index contributed by atoms with van der Waals surface area (Å²) in [4.78, 5) is 15.0. The Kier molecular flexibility index (Phi) is 6.08. The summed E-state index contributed by atoms with van der Waals surface area (Å²) in [5, 5.41) is 0. The minimum Gasteiger partial charge on any atom is -0.341 e. The summed E-state index contributed by atoms with van der Waals surface area (Å²) in [6.07, 6.45) is 2.06. The number of carbonyl (C=O) groups excluding carboxylic acids is 1. The molecule has 0 N–H and O–H groups in total. The van der Waals surface area contributed by atoms with Crippen LogP contribution >= 0.6 is 0 Å². The van der Waals surface area contributed by atoms with Gasteiger partial charge < -0.3 is 4.90 Å². The molecule has 1 aliphatic rings. The Bertz CT molecular complexity index is 942. The minimum atomic E-state index is -3.85. The first-order valence-electron chi connectivity index (χ1n) is 9.72. The summed E-state index contributed by atoms with van der Waals surface area (Å²) in [6.45, 7) is 7.16. The number of nitrogens with zero attached hydrogens (tertiary/aromatic N) is 2. The van der Waals surface area contributed by atoms with E-state index in [0.717, 1.165) is 24.0 Å². The van der Waals surface area contributed by atoms with Gasteiger partial charge in [-0.1, -0.05) is 37.3 Å². The van der Waals surface area contributed by atoms with Gasteiger partial charge in [-0.05, 0) is 61.9 Å². The van der Waals surface area contributed by atoms with Crippen LogP contribution in [-0.4, -0.2) is 38.9 Å². The van der Waals surface area contributed by atoms with Gasteiger partial charge in [0.15, 0.2) is 0 Å². The topological polar surface area (TPSA) is 57.7 Å². The zero-order valence-corrected chi connectivity index (χ0v) is 17.6. The third-order valence-corrected chi connectivity index (χ3v) is 7.24. The fourth-order valence-electron chi connectivity index (χ4n) is 3.66. The van der Waals surface area contributed by atoms with Crippen LogP contribution in [0, 0.1) is 19.8 Å². The van der Waals surface area contributed by atoms with Crippen molar-refractivity contribution in [3.63, 3.8) is 0 Å². The summed E-state index contributed by atoms with van der Waals surface area (Å²) < 4.78 is 28.1. The first-order chi connectivity index (χ1) is 13.3. The van der Waals surface area contributed by atoms with E-state index in [9.17, 15) is 13.2 Å². The van der Waals surface area contributed by atoms with Crippen molar-refractivity contribution in [1.82, 2.24) is 4.90 Å². The van der Waals surface area contributed by atoms with Gasteiger partial charge in [-0.15, -0.1) is 0 Å². The van der Waals surface area contributed by atoms with Crippen LogP contribution in [0.1, 0.15) is 30.9 Å². The van der Waals surface area contributed by atoms with E-state index in [1.807, 2.05) is 26.0 Å². The Morgan fingerprint density at radius 1 is 1.11 bits per heavy atom. The first kappa shape index (κ1) is 20.4. The molecule has 6 heteroatoms. The Morgan fingerprint density at radius 3 is 2.50 bits per heavy atom. The number of benzene rings is 2. The number of aryl methyl sites for hydroxylation is 1. The summed E-state index contributed by atoms with van der Waals surface area (Å²) >= 11 is 0. The predicted molar refractivity (Wildman–Crippen MR) is 112 cm³/mol. The molecule has 1 heterocycles. The molecule has 0 aliphatic carbocycles. The second-order valence-electron chi connectivity index (χ2n) is 7.63. The molecule has 1 atom stereocenters. The number of hydrogen-bond acceptors (Lipinski definition) is 3. The first-order valence-corrected chi connectivity index (χ1v) is 11.2. The molecule has 28 heavy (non-hydrogen) atoms. The monoisotopic (exact) mass is 400 g/mol. The highest BCUT2D eigenvalue weighted by molar-refractivity contribution is 7.92. The molecule has 0 radical (unpaired) electrons. The maximum Gasteiger partial charge on any atom is 0.264 e. The summed E-state index contributed by atoms with van der Waals surface area (Å²) in [7, 11) is -3.85. The van der Waals surface area contributed by atoms with Gasteiger partial charge in [0.2, 0.25) is 5.91 Å². The van der Waals surface area contributed by atoms with Crippen LogP contribution in [0.3, 0.4) is 0 Å². The van der Waals surface area contributed by atoms with E-state index in [-0.39, 0.29) is 17.3 Å². The highest BCUT2D eigenvalue weighted by Gasteiger charge is 2.31. The molecule has 0 saturated carbocycles. The lowest BCUT2D eigenvalue weighted by Crippen LogP contribution is -2.46. The molecular formula is C22H28N2O3S. The van der Waals surface area contributed by atoms with Crippen LogP contribution in [0.4, 0.5) is 5.69 Å². The fraction of sp³-hybridized carbons (Fsp3) is 0.409. The lowest BCUT2D eigenvalue weighted by atomic mass is 10.0. The Hall–Kier alpha value is -2.34. The molecule has 0 unspecified atom stereocenters. The van der Waals surface area contributed by atoms with Crippen molar-refractivity contribution < 1.29 is 13.2 Å². The van der Waals surface area contributed by atoms with Gasteiger partial charge in [0.1, 0.15) is 6.54 Å². The van der Waals surface area contributed by atoms with E-state index in [4.69, 9.17) is 0 Å². The normalized spacial score (nSPS) is 17.4. The van der Waals surface area contributed by atoms with Crippen LogP contribution < -0.4 is 4.31 Å². The quantitative estimate of drug-likeness (QED) is 0.768. The van der Waals surface area contributed by atoms with Crippen molar-refractivity contribution in [3.8, 4) is 0 Å². The molecule has 2 aromatic rings. The molecular weight excluding hydrogens is 372 g/mol. The molecule has 2 aromatic carbocycles. The van der Waals surface area contributed by atoms with Crippen molar-refractivity contribution in [2.45, 2.75) is 38.5 Å². The number of hydrogen-bond donors (Lipinski definition) is 0. The van der Waals surface area contributed by atoms with Crippen LogP contribution in [0.25, 0.3) is 0 Å². The summed E-state index contributed by atoms with van der Waals surface area (Å²) in [5.74, 6) is 0.296. The van der Waals surface area contributed by atoms with Crippen LogP contribution in [0.15, 0.2) is 53.4 Å². The standard InChI is InChI=1S/C22H28N2O3S/c1-17-9-8-14-23(15-17)22(25)16-24(21-13-7-10-18(2)19(21)3)28(26,27)20-11-5-4-6-12-20/h4-7,10-13,17H,8-9,14-16H2,1-3H3/t17-/m0/s1. The van der Waals surface area contributed by atoms with Gasteiger partial charge in [-0.3, -0.25) is 9.10 Å². The smallest absolute Gasteiger partial charge is 0.264 e. The zero-order valence-electron chi connectivity index (χ0n) is 16.8. The highest BCUT2D eigenvalue weighted by Crippen LogP contribution is 2.29. The van der Waals surface area contributed by atoms with Gasteiger partial charge in [-0.2, -0.15) is 0 Å². The van der Waals surface area contributed by atoms with E-state index in [2.05, 4.69) is 6.92 Å². The largest absolute Gasteiger partial charge is 0.341 e. The maximum absolute atomic E-state index is 13.4. The van der Waals surface area contributed by atoms with Gasteiger partial charge >= 0.3 is 0 Å².